The van der Waals surface area contributed by atoms with Crippen molar-refractivity contribution in [2.45, 2.75) is 13.0 Å². The van der Waals surface area contributed by atoms with E-state index < -0.39 is 12.6 Å². The highest BCUT2D eigenvalue weighted by Crippen LogP contribution is 2.36. The summed E-state index contributed by atoms with van der Waals surface area (Å²) in [7, 11) is 0. The third-order valence-corrected chi connectivity index (χ3v) is 4.67. The number of carbonyl (C=O) groups is 1. The molecule has 0 N–H and O–H groups in total. The van der Waals surface area contributed by atoms with Gasteiger partial charge in [0.05, 0.1) is 18.8 Å². The van der Waals surface area contributed by atoms with E-state index in [9.17, 15) is 9.18 Å². The van der Waals surface area contributed by atoms with Crippen LogP contribution in [0, 0.1) is 0 Å². The molecule has 28 heavy (non-hydrogen) atoms. The van der Waals surface area contributed by atoms with E-state index in [1.807, 2.05) is 54.6 Å². The highest BCUT2D eigenvalue weighted by atomic mass is 18.2. The summed E-state index contributed by atoms with van der Waals surface area (Å²) in [6.45, 7) is -0.256. The second-order valence-electron chi connectivity index (χ2n) is 6.50. The minimum atomic E-state index is -1.09. The second kappa shape index (κ2) is 8.13. The molecule has 142 valence electrons. The molecule has 5 heteroatoms. The predicted molar refractivity (Wildman–Crippen MR) is 106 cm³/mol. The summed E-state index contributed by atoms with van der Waals surface area (Å²) in [5, 5.41) is 0. The lowest BCUT2D eigenvalue weighted by Gasteiger charge is -2.25. The number of fused-ring (bicyclic) bond motifs is 1. The van der Waals surface area contributed by atoms with Crippen LogP contribution in [0.25, 0.3) is 0 Å². The molecule has 0 fully saturated rings. The monoisotopic (exact) mass is 376 g/mol. The minimum Gasteiger partial charge on any atom is -0.493 e. The molecule has 0 saturated carbocycles. The fourth-order valence-corrected chi connectivity index (χ4v) is 3.34. The number of alkyl halides is 1. The summed E-state index contributed by atoms with van der Waals surface area (Å²) < 4.78 is 25.1. The van der Waals surface area contributed by atoms with Crippen molar-refractivity contribution >= 4 is 11.6 Å². The zero-order valence-corrected chi connectivity index (χ0v) is 15.3. The molecule has 3 aromatic carbocycles. The SMILES string of the molecule is O=C(C[18F])N(Cc1cccc2c1OCC2)c1ccccc1Oc1ccccc1. The van der Waals surface area contributed by atoms with E-state index in [2.05, 4.69) is 0 Å². The molecule has 1 amide bonds. The number of carbonyl (C=O) groups excluding carboxylic acids is 1. The average molecular weight is 376 g/mol. The van der Waals surface area contributed by atoms with Gasteiger partial charge >= 0.3 is 0 Å². The van der Waals surface area contributed by atoms with Gasteiger partial charge in [0.25, 0.3) is 5.91 Å². The first-order valence-electron chi connectivity index (χ1n) is 9.18. The molecule has 0 aromatic heterocycles. The van der Waals surface area contributed by atoms with Crippen molar-refractivity contribution in [2.75, 3.05) is 18.2 Å². The van der Waals surface area contributed by atoms with Crippen molar-refractivity contribution < 1.29 is 18.7 Å². The molecule has 0 saturated heterocycles. The quantitative estimate of drug-likeness (QED) is 0.613. The first-order chi connectivity index (χ1) is 13.8. The maximum Gasteiger partial charge on any atom is 0.258 e. The van der Waals surface area contributed by atoms with Gasteiger partial charge in [0.1, 0.15) is 11.5 Å². The van der Waals surface area contributed by atoms with Crippen LogP contribution in [0.5, 0.6) is 17.2 Å². The zero-order chi connectivity index (χ0) is 19.3. The standard InChI is InChI=1S/C23H20FNO3/c24-15-22(26)25(16-18-8-6-7-17-13-14-27-23(17)18)20-11-4-5-12-21(20)28-19-9-2-1-3-10-19/h1-12H,13-16H2/i24-1. The fraction of sp³-hybridized carbons (Fsp3) is 0.174. The van der Waals surface area contributed by atoms with Crippen molar-refractivity contribution in [2.24, 2.45) is 0 Å². The van der Waals surface area contributed by atoms with E-state index in [1.54, 1.807) is 18.2 Å². The topological polar surface area (TPSA) is 38.8 Å². The van der Waals surface area contributed by atoms with Crippen LogP contribution in [0.15, 0.2) is 72.8 Å². The normalized spacial score (nSPS) is 12.2. The van der Waals surface area contributed by atoms with Crippen LogP contribution < -0.4 is 14.4 Å². The molecule has 0 aliphatic carbocycles. The van der Waals surface area contributed by atoms with Crippen molar-refractivity contribution in [3.05, 3.63) is 83.9 Å². The highest BCUT2D eigenvalue weighted by Gasteiger charge is 2.24. The van der Waals surface area contributed by atoms with Gasteiger partial charge in [-0.2, -0.15) is 0 Å². The van der Waals surface area contributed by atoms with Crippen LogP contribution in [-0.4, -0.2) is 19.2 Å². The van der Waals surface area contributed by atoms with Crippen LogP contribution in [0.1, 0.15) is 11.1 Å². The number of ether oxygens (including phenoxy) is 2. The van der Waals surface area contributed by atoms with Gasteiger partial charge in [-0.15, -0.1) is 0 Å². The number of anilines is 1. The van der Waals surface area contributed by atoms with Crippen molar-refractivity contribution in [3.63, 3.8) is 0 Å². The van der Waals surface area contributed by atoms with E-state index in [0.717, 1.165) is 23.3 Å². The van der Waals surface area contributed by atoms with Gasteiger partial charge in [-0.3, -0.25) is 4.79 Å². The predicted octanol–water partition coefficient (Wildman–Crippen LogP) is 4.92. The molecular formula is C23H20FNO3. The van der Waals surface area contributed by atoms with E-state index >= 15 is 0 Å². The number of nitrogens with zero attached hydrogens (tertiary/aromatic N) is 1. The number of amides is 1. The smallest absolute Gasteiger partial charge is 0.258 e. The van der Waals surface area contributed by atoms with Crippen LogP contribution >= 0.6 is 0 Å². The van der Waals surface area contributed by atoms with Crippen LogP contribution in [0.2, 0.25) is 0 Å². The van der Waals surface area contributed by atoms with Gasteiger partial charge < -0.3 is 14.4 Å². The number of para-hydroxylation sites is 4. The molecule has 4 rings (SSSR count). The van der Waals surface area contributed by atoms with Gasteiger partial charge in [-0.05, 0) is 29.8 Å². The first-order valence-corrected chi connectivity index (χ1v) is 9.18. The second-order valence-corrected chi connectivity index (χ2v) is 6.50. The van der Waals surface area contributed by atoms with Crippen LogP contribution in [-0.2, 0) is 17.8 Å². The average Bonchev–Trinajstić information content (AvgIpc) is 3.22. The van der Waals surface area contributed by atoms with E-state index in [1.165, 1.54) is 4.90 Å². The highest BCUT2D eigenvalue weighted by molar-refractivity contribution is 5.95. The maximum atomic E-state index is 13.4. The molecule has 0 spiro atoms. The van der Waals surface area contributed by atoms with E-state index in [-0.39, 0.29) is 6.54 Å². The molecule has 1 heterocycles. The molecule has 1 aliphatic heterocycles. The fourth-order valence-electron chi connectivity index (χ4n) is 3.34. The lowest BCUT2D eigenvalue weighted by atomic mass is 10.1. The van der Waals surface area contributed by atoms with Crippen molar-refractivity contribution in [3.8, 4) is 17.2 Å². The number of hydrogen-bond acceptors (Lipinski definition) is 3. The largest absolute Gasteiger partial charge is 0.493 e. The Hall–Kier alpha value is -3.34. The van der Waals surface area contributed by atoms with Crippen molar-refractivity contribution in [1.29, 1.82) is 0 Å². The molecule has 3 aromatic rings. The number of benzene rings is 3. The Morgan fingerprint density at radius 1 is 1.00 bits per heavy atom. The molecule has 1 aliphatic rings. The van der Waals surface area contributed by atoms with E-state index in [0.29, 0.717) is 23.8 Å². The molecular weight excluding hydrogens is 356 g/mol. The molecule has 4 nitrogen and oxygen atoms in total. The Morgan fingerprint density at radius 3 is 2.61 bits per heavy atom. The van der Waals surface area contributed by atoms with E-state index in [4.69, 9.17) is 9.47 Å². The summed E-state index contributed by atoms with van der Waals surface area (Å²) in [6, 6.07) is 22.3. The summed E-state index contributed by atoms with van der Waals surface area (Å²) in [5.41, 5.74) is 2.48. The van der Waals surface area contributed by atoms with Gasteiger partial charge in [-0.25, -0.2) is 4.39 Å². The Labute approximate surface area is 163 Å². The van der Waals surface area contributed by atoms with Crippen LogP contribution in [0.3, 0.4) is 0 Å². The Bertz CT molecular complexity index is 975. The lowest BCUT2D eigenvalue weighted by Crippen LogP contribution is -2.32. The first kappa shape index (κ1) is 18.0. The summed E-state index contributed by atoms with van der Waals surface area (Å²) >= 11 is 0. The van der Waals surface area contributed by atoms with Gasteiger partial charge in [0.15, 0.2) is 12.4 Å². The maximum absolute atomic E-state index is 13.4. The summed E-state index contributed by atoms with van der Waals surface area (Å²) in [5.74, 6) is 1.30. The zero-order valence-electron chi connectivity index (χ0n) is 15.3. The lowest BCUT2D eigenvalue weighted by molar-refractivity contribution is -0.119. The molecule has 0 unspecified atom stereocenters. The van der Waals surface area contributed by atoms with Crippen molar-refractivity contribution in [1.82, 2.24) is 0 Å². The van der Waals surface area contributed by atoms with Crippen LogP contribution in [0.4, 0.5) is 10.1 Å². The number of rotatable bonds is 6. The third kappa shape index (κ3) is 3.69. The van der Waals surface area contributed by atoms with Gasteiger partial charge in [0.2, 0.25) is 0 Å². The van der Waals surface area contributed by atoms with Gasteiger partial charge in [0, 0.05) is 12.0 Å². The molecule has 0 atom stereocenters. The Kier molecular flexibility index (Phi) is 5.24. The molecule has 0 bridgehead atoms. The third-order valence-electron chi connectivity index (χ3n) is 4.67. The minimum absolute atomic E-state index is 0.209. The molecule has 0 radical (unpaired) electrons. The number of halogens is 1. The summed E-state index contributed by atoms with van der Waals surface area (Å²) in [6.07, 6.45) is 0.841. The number of hydrogen-bond donors (Lipinski definition) is 0. The summed E-state index contributed by atoms with van der Waals surface area (Å²) in [4.78, 5) is 13.9. The Balaban J connectivity index is 1.69. The van der Waals surface area contributed by atoms with Gasteiger partial charge in [-0.1, -0.05) is 48.5 Å². The Morgan fingerprint density at radius 2 is 1.79 bits per heavy atom.